The Morgan fingerprint density at radius 1 is 1.61 bits per heavy atom. The SMILES string of the molecule is CC1=CN=C(CCP(N)(=O)C(CCl)NCCCl)C1. The van der Waals surface area contributed by atoms with Gasteiger partial charge in [-0.2, -0.15) is 0 Å². The first-order valence-electron chi connectivity index (χ1n) is 5.93. The Morgan fingerprint density at radius 3 is 2.83 bits per heavy atom. The largest absolute Gasteiger partial charge is 0.305 e. The number of hydrogen-bond donors (Lipinski definition) is 2. The molecule has 0 aromatic carbocycles. The third-order valence-electron chi connectivity index (χ3n) is 2.85. The van der Waals surface area contributed by atoms with E-state index >= 15 is 0 Å². The Kier molecular flexibility index (Phi) is 6.89. The van der Waals surface area contributed by atoms with Gasteiger partial charge in [0.1, 0.15) is 0 Å². The predicted octanol–water partition coefficient (Wildman–Crippen LogP) is 2.76. The Hall–Kier alpha value is 0.140. The first kappa shape index (κ1) is 16.2. The Labute approximate surface area is 118 Å². The zero-order chi connectivity index (χ0) is 13.6. The fraction of sp³-hybridized carbons (Fsp3) is 0.727. The minimum absolute atomic E-state index is 0.231. The number of halogens is 2. The summed E-state index contributed by atoms with van der Waals surface area (Å²) in [5, 5.41) is 3.04. The van der Waals surface area contributed by atoms with Crippen LogP contribution < -0.4 is 10.8 Å². The third-order valence-corrected chi connectivity index (χ3v) is 5.90. The molecule has 0 amide bonds. The molecule has 0 bridgehead atoms. The molecule has 1 aliphatic rings. The van der Waals surface area contributed by atoms with Crippen molar-refractivity contribution in [3.8, 4) is 0 Å². The molecule has 3 N–H and O–H groups in total. The lowest BCUT2D eigenvalue weighted by Crippen LogP contribution is -2.35. The molecule has 0 saturated heterocycles. The van der Waals surface area contributed by atoms with Crippen LogP contribution in [0.2, 0.25) is 0 Å². The number of nitrogens with zero attached hydrogens (tertiary/aromatic N) is 1. The second-order valence-electron chi connectivity index (χ2n) is 4.49. The van der Waals surface area contributed by atoms with E-state index in [-0.39, 0.29) is 11.7 Å². The topological polar surface area (TPSA) is 67.5 Å². The van der Waals surface area contributed by atoms with Crippen LogP contribution in [0.5, 0.6) is 0 Å². The predicted molar refractivity (Wildman–Crippen MR) is 80.3 cm³/mol. The van der Waals surface area contributed by atoms with Gasteiger partial charge in [0.25, 0.3) is 0 Å². The number of alkyl halides is 2. The fourth-order valence-electron chi connectivity index (χ4n) is 1.77. The van der Waals surface area contributed by atoms with E-state index in [0.29, 0.717) is 25.0 Å². The van der Waals surface area contributed by atoms with E-state index in [4.69, 9.17) is 28.7 Å². The highest BCUT2D eigenvalue weighted by Gasteiger charge is 2.28. The van der Waals surface area contributed by atoms with Crippen LogP contribution in [0.25, 0.3) is 0 Å². The minimum atomic E-state index is -2.81. The van der Waals surface area contributed by atoms with Gasteiger partial charge in [0.05, 0.1) is 5.78 Å². The molecule has 2 atom stereocenters. The highest BCUT2D eigenvalue weighted by Crippen LogP contribution is 2.42. The summed E-state index contributed by atoms with van der Waals surface area (Å²) in [4.78, 5) is 4.27. The summed E-state index contributed by atoms with van der Waals surface area (Å²) in [6.45, 7) is 2.59. The van der Waals surface area contributed by atoms with Crippen molar-refractivity contribution in [3.63, 3.8) is 0 Å². The van der Waals surface area contributed by atoms with Gasteiger partial charge in [-0.1, -0.05) is 0 Å². The van der Waals surface area contributed by atoms with Crippen molar-refractivity contribution < 1.29 is 4.57 Å². The Morgan fingerprint density at radius 2 is 2.33 bits per heavy atom. The molecular formula is C11H20Cl2N3OP. The molecule has 1 heterocycles. The average molecular weight is 312 g/mol. The minimum Gasteiger partial charge on any atom is -0.305 e. The van der Waals surface area contributed by atoms with Crippen molar-refractivity contribution in [2.75, 3.05) is 24.5 Å². The van der Waals surface area contributed by atoms with Crippen molar-refractivity contribution in [3.05, 3.63) is 11.8 Å². The Balaban J connectivity index is 2.45. The normalized spacial score (nSPS) is 20.2. The standard InChI is InChI=1S/C11H20Cl2N3OP/c1-9-6-10(16-8-9)2-5-18(14,17)11(7-13)15-4-3-12/h8,11,15H,2-7H2,1H3,(H2,14,17). The third kappa shape index (κ3) is 5.02. The summed E-state index contributed by atoms with van der Waals surface area (Å²) >= 11 is 11.4. The number of nitrogens with one attached hydrogen (secondary N) is 1. The number of aliphatic imine (C=N–C) groups is 1. The lowest BCUT2D eigenvalue weighted by Gasteiger charge is -2.23. The number of rotatable bonds is 8. The summed E-state index contributed by atoms with van der Waals surface area (Å²) in [5.41, 5.74) is 8.19. The zero-order valence-electron chi connectivity index (χ0n) is 10.5. The summed E-state index contributed by atoms with van der Waals surface area (Å²) in [5.74, 6) is 0.312. The molecular weight excluding hydrogens is 292 g/mol. The van der Waals surface area contributed by atoms with Gasteiger partial charge in [0.2, 0.25) is 0 Å². The zero-order valence-corrected chi connectivity index (χ0v) is 12.9. The second kappa shape index (κ2) is 7.66. The van der Waals surface area contributed by atoms with Crippen LogP contribution in [0.1, 0.15) is 19.8 Å². The van der Waals surface area contributed by atoms with Crippen LogP contribution in [0.15, 0.2) is 16.8 Å². The fourth-order valence-corrected chi connectivity index (χ4v) is 4.28. The van der Waals surface area contributed by atoms with Gasteiger partial charge in [-0.25, -0.2) is 0 Å². The van der Waals surface area contributed by atoms with Crippen LogP contribution in [-0.2, 0) is 4.57 Å². The van der Waals surface area contributed by atoms with Crippen LogP contribution in [0, 0.1) is 0 Å². The summed E-state index contributed by atoms with van der Waals surface area (Å²) in [7, 11) is -2.81. The van der Waals surface area contributed by atoms with Crippen molar-refractivity contribution in [2.24, 2.45) is 10.5 Å². The van der Waals surface area contributed by atoms with E-state index in [1.165, 1.54) is 5.57 Å². The van der Waals surface area contributed by atoms with Gasteiger partial charge in [0.15, 0.2) is 7.29 Å². The summed E-state index contributed by atoms with van der Waals surface area (Å²) < 4.78 is 12.4. The molecule has 0 aromatic rings. The van der Waals surface area contributed by atoms with Gasteiger partial charge in [0, 0.05) is 42.8 Å². The Bertz CT molecular complexity index is 384. The van der Waals surface area contributed by atoms with Gasteiger partial charge in [-0.05, 0) is 18.9 Å². The van der Waals surface area contributed by atoms with Crippen molar-refractivity contribution in [1.82, 2.24) is 5.32 Å². The quantitative estimate of drug-likeness (QED) is 0.535. The molecule has 0 saturated carbocycles. The lowest BCUT2D eigenvalue weighted by atomic mass is 10.1. The van der Waals surface area contributed by atoms with Crippen LogP contribution in [0.4, 0.5) is 0 Å². The number of allylic oxidation sites excluding steroid dienone is 1. The van der Waals surface area contributed by atoms with E-state index in [1.807, 2.05) is 13.1 Å². The molecule has 0 spiro atoms. The molecule has 18 heavy (non-hydrogen) atoms. The summed E-state index contributed by atoms with van der Waals surface area (Å²) in [6.07, 6.45) is 3.80. The van der Waals surface area contributed by atoms with Crippen LogP contribution >= 0.6 is 30.5 Å². The van der Waals surface area contributed by atoms with E-state index in [0.717, 1.165) is 12.1 Å². The highest BCUT2D eigenvalue weighted by atomic mass is 35.5. The summed E-state index contributed by atoms with van der Waals surface area (Å²) in [6, 6.07) is 0. The molecule has 7 heteroatoms. The molecule has 104 valence electrons. The maximum Gasteiger partial charge on any atom is 0.163 e. The van der Waals surface area contributed by atoms with Gasteiger partial charge in [-0.3, -0.25) is 10.5 Å². The molecule has 4 nitrogen and oxygen atoms in total. The first-order chi connectivity index (χ1) is 8.49. The molecule has 0 aromatic heterocycles. The number of hydrogen-bond acceptors (Lipinski definition) is 3. The number of nitrogens with two attached hydrogens (primary N) is 1. The van der Waals surface area contributed by atoms with Gasteiger partial charge in [-0.15, -0.1) is 23.2 Å². The average Bonchev–Trinajstić information content (AvgIpc) is 2.73. The van der Waals surface area contributed by atoms with E-state index in [2.05, 4.69) is 10.3 Å². The molecule has 0 fully saturated rings. The van der Waals surface area contributed by atoms with Crippen LogP contribution in [0.3, 0.4) is 0 Å². The molecule has 0 radical (unpaired) electrons. The molecule has 0 aliphatic carbocycles. The molecule has 1 rings (SSSR count). The van der Waals surface area contributed by atoms with Crippen molar-refractivity contribution >= 4 is 36.2 Å². The molecule has 2 unspecified atom stereocenters. The molecule has 1 aliphatic heterocycles. The lowest BCUT2D eigenvalue weighted by molar-refractivity contribution is 0.554. The van der Waals surface area contributed by atoms with Gasteiger partial charge >= 0.3 is 0 Å². The van der Waals surface area contributed by atoms with E-state index < -0.39 is 7.29 Å². The maximum atomic E-state index is 12.4. The monoisotopic (exact) mass is 311 g/mol. The van der Waals surface area contributed by atoms with Crippen LogP contribution in [-0.4, -0.2) is 36.0 Å². The second-order valence-corrected chi connectivity index (χ2v) is 7.95. The highest BCUT2D eigenvalue weighted by molar-refractivity contribution is 7.62. The maximum absolute atomic E-state index is 12.4. The van der Waals surface area contributed by atoms with Crippen molar-refractivity contribution in [2.45, 2.75) is 25.5 Å². The van der Waals surface area contributed by atoms with E-state index in [1.54, 1.807) is 0 Å². The first-order valence-corrected chi connectivity index (χ1v) is 9.03. The smallest absolute Gasteiger partial charge is 0.163 e. The van der Waals surface area contributed by atoms with E-state index in [9.17, 15) is 4.57 Å². The van der Waals surface area contributed by atoms with Crippen molar-refractivity contribution in [1.29, 1.82) is 0 Å². The van der Waals surface area contributed by atoms with Gasteiger partial charge < -0.3 is 9.88 Å².